The second-order valence-electron chi connectivity index (χ2n) is 7.98. The zero-order valence-electron chi connectivity index (χ0n) is 19.4. The van der Waals surface area contributed by atoms with Crippen LogP contribution in [0.1, 0.15) is 18.9 Å². The topological polar surface area (TPSA) is 69.6 Å². The molecule has 0 radical (unpaired) electrons. The van der Waals surface area contributed by atoms with Crippen molar-refractivity contribution in [3.05, 3.63) is 29.8 Å². The maximum absolute atomic E-state index is 12.5. The van der Waals surface area contributed by atoms with Crippen molar-refractivity contribution in [1.82, 2.24) is 20.0 Å². The van der Waals surface area contributed by atoms with Crippen LogP contribution < -0.4 is 10.1 Å². The van der Waals surface area contributed by atoms with Gasteiger partial charge in [-0.3, -0.25) is 14.7 Å². The summed E-state index contributed by atoms with van der Waals surface area (Å²) in [5.74, 6) is 2.08. The highest BCUT2D eigenvalue weighted by molar-refractivity contribution is 14.0. The van der Waals surface area contributed by atoms with Crippen LogP contribution in [0.5, 0.6) is 5.75 Å². The maximum Gasteiger partial charge on any atom is 0.236 e. The number of morpholine rings is 1. The van der Waals surface area contributed by atoms with Crippen molar-refractivity contribution in [2.45, 2.75) is 19.8 Å². The number of aliphatic imine (C=N–C) groups is 1. The van der Waals surface area contributed by atoms with Crippen molar-refractivity contribution in [3.8, 4) is 5.75 Å². The van der Waals surface area contributed by atoms with Gasteiger partial charge in [0.1, 0.15) is 5.75 Å². The smallest absolute Gasteiger partial charge is 0.236 e. The largest absolute Gasteiger partial charge is 0.494 e. The molecule has 2 fully saturated rings. The molecular weight excluding hydrogens is 521 g/mol. The number of ether oxygens (including phenoxy) is 2. The fourth-order valence-electron chi connectivity index (χ4n) is 3.88. The number of nitrogens with one attached hydrogen (secondary N) is 1. The number of carbonyl (C=O) groups is 1. The van der Waals surface area contributed by atoms with Crippen LogP contribution in [0.2, 0.25) is 0 Å². The van der Waals surface area contributed by atoms with Gasteiger partial charge < -0.3 is 24.6 Å². The van der Waals surface area contributed by atoms with Gasteiger partial charge in [-0.1, -0.05) is 19.1 Å². The lowest BCUT2D eigenvalue weighted by Crippen LogP contribution is -2.55. The maximum atomic E-state index is 12.5. The molecule has 9 heteroatoms. The Morgan fingerprint density at radius 3 is 2.56 bits per heavy atom. The van der Waals surface area contributed by atoms with Gasteiger partial charge in [-0.2, -0.15) is 0 Å². The Morgan fingerprint density at radius 2 is 1.88 bits per heavy atom. The van der Waals surface area contributed by atoms with Crippen molar-refractivity contribution < 1.29 is 14.3 Å². The van der Waals surface area contributed by atoms with E-state index in [1.165, 1.54) is 5.56 Å². The van der Waals surface area contributed by atoms with Crippen LogP contribution in [-0.2, 0) is 16.0 Å². The van der Waals surface area contributed by atoms with Gasteiger partial charge in [0.05, 0.1) is 26.4 Å². The lowest BCUT2D eigenvalue weighted by Gasteiger charge is -2.37. The number of hydrogen-bond donors (Lipinski definition) is 1. The molecule has 0 atom stereocenters. The van der Waals surface area contributed by atoms with Gasteiger partial charge in [0.25, 0.3) is 0 Å². The van der Waals surface area contributed by atoms with Crippen LogP contribution in [0.4, 0.5) is 0 Å². The summed E-state index contributed by atoms with van der Waals surface area (Å²) < 4.78 is 11.1. The highest BCUT2D eigenvalue weighted by atomic mass is 127. The molecule has 1 N–H and O–H groups in total. The Balaban J connectivity index is 0.00000363. The van der Waals surface area contributed by atoms with E-state index in [0.29, 0.717) is 32.8 Å². The second kappa shape index (κ2) is 14.5. The SMILES string of the molecule is CCCOc1cccc(CCNC(=NC)N2CCN(CC(=O)N3CCOCC3)CC2)c1.I. The summed E-state index contributed by atoms with van der Waals surface area (Å²) in [5.41, 5.74) is 1.25. The molecule has 32 heavy (non-hydrogen) atoms. The molecular formula is C23H38IN5O3. The molecule has 1 amide bonds. The zero-order chi connectivity index (χ0) is 21.9. The molecule has 2 aliphatic heterocycles. The Kier molecular flexibility index (Phi) is 12.1. The first-order valence-corrected chi connectivity index (χ1v) is 11.4. The van der Waals surface area contributed by atoms with E-state index in [2.05, 4.69) is 39.2 Å². The summed E-state index contributed by atoms with van der Waals surface area (Å²) in [6.07, 6.45) is 1.92. The van der Waals surface area contributed by atoms with Crippen molar-refractivity contribution >= 4 is 35.8 Å². The lowest BCUT2D eigenvalue weighted by molar-refractivity contribution is -0.136. The molecule has 8 nitrogen and oxygen atoms in total. The molecule has 1 aromatic carbocycles. The van der Waals surface area contributed by atoms with Gasteiger partial charge in [0, 0.05) is 52.9 Å². The summed E-state index contributed by atoms with van der Waals surface area (Å²) in [6.45, 7) is 10.4. The molecule has 1 aromatic rings. The third-order valence-electron chi connectivity index (χ3n) is 5.67. The van der Waals surface area contributed by atoms with Gasteiger partial charge in [0.15, 0.2) is 5.96 Å². The van der Waals surface area contributed by atoms with Gasteiger partial charge >= 0.3 is 0 Å². The molecule has 2 heterocycles. The standard InChI is InChI=1S/C23H37N5O3.HI/c1-3-15-31-21-6-4-5-20(18-21)7-8-25-23(24-2)28-11-9-26(10-12-28)19-22(29)27-13-16-30-17-14-27;/h4-6,18H,3,7-17,19H2,1-2H3,(H,24,25);1H. The van der Waals surface area contributed by atoms with E-state index in [4.69, 9.17) is 9.47 Å². The minimum absolute atomic E-state index is 0. The third kappa shape index (κ3) is 8.40. The normalized spacial score (nSPS) is 17.6. The number of hydrogen-bond acceptors (Lipinski definition) is 5. The summed E-state index contributed by atoms with van der Waals surface area (Å²) in [5, 5.41) is 3.49. The number of halogens is 1. The molecule has 0 bridgehead atoms. The highest BCUT2D eigenvalue weighted by Crippen LogP contribution is 2.14. The fraction of sp³-hybridized carbons (Fsp3) is 0.652. The molecule has 0 spiro atoms. The van der Waals surface area contributed by atoms with Crippen LogP contribution in [0.15, 0.2) is 29.3 Å². The number of nitrogens with zero attached hydrogens (tertiary/aromatic N) is 4. The van der Waals surface area contributed by atoms with Crippen molar-refractivity contribution in [1.29, 1.82) is 0 Å². The van der Waals surface area contributed by atoms with E-state index >= 15 is 0 Å². The van der Waals surface area contributed by atoms with Gasteiger partial charge in [-0.25, -0.2) is 0 Å². The number of amides is 1. The van der Waals surface area contributed by atoms with Gasteiger partial charge in [0.2, 0.25) is 5.91 Å². The predicted octanol–water partition coefficient (Wildman–Crippen LogP) is 1.69. The Morgan fingerprint density at radius 1 is 1.12 bits per heavy atom. The highest BCUT2D eigenvalue weighted by Gasteiger charge is 2.24. The summed E-state index contributed by atoms with van der Waals surface area (Å²) >= 11 is 0. The zero-order valence-corrected chi connectivity index (χ0v) is 21.8. The number of carbonyl (C=O) groups excluding carboxylic acids is 1. The van der Waals surface area contributed by atoms with Crippen LogP contribution in [-0.4, -0.2) is 106 Å². The number of piperazine rings is 1. The second-order valence-corrected chi connectivity index (χ2v) is 7.98. The van der Waals surface area contributed by atoms with Crippen LogP contribution in [0.3, 0.4) is 0 Å². The fourth-order valence-corrected chi connectivity index (χ4v) is 3.88. The van der Waals surface area contributed by atoms with Crippen LogP contribution in [0, 0.1) is 0 Å². The lowest BCUT2D eigenvalue weighted by atomic mass is 10.1. The van der Waals surface area contributed by atoms with E-state index in [-0.39, 0.29) is 29.9 Å². The van der Waals surface area contributed by atoms with E-state index in [1.807, 2.05) is 24.1 Å². The molecule has 2 saturated heterocycles. The molecule has 180 valence electrons. The van der Waals surface area contributed by atoms with Crippen molar-refractivity contribution in [3.63, 3.8) is 0 Å². The quantitative estimate of drug-likeness (QED) is 0.297. The average molecular weight is 559 g/mol. The molecule has 3 rings (SSSR count). The molecule has 0 unspecified atom stereocenters. The monoisotopic (exact) mass is 559 g/mol. The molecule has 0 saturated carbocycles. The predicted molar refractivity (Wildman–Crippen MR) is 138 cm³/mol. The number of rotatable bonds is 8. The average Bonchev–Trinajstić information content (AvgIpc) is 2.82. The Bertz CT molecular complexity index is 719. The molecule has 0 aliphatic carbocycles. The minimum atomic E-state index is 0. The van der Waals surface area contributed by atoms with E-state index in [0.717, 1.165) is 63.9 Å². The first-order valence-electron chi connectivity index (χ1n) is 11.4. The summed E-state index contributed by atoms with van der Waals surface area (Å²) in [6, 6.07) is 8.30. The van der Waals surface area contributed by atoms with Crippen LogP contribution in [0.25, 0.3) is 0 Å². The molecule has 0 aromatic heterocycles. The molecule has 2 aliphatic rings. The third-order valence-corrected chi connectivity index (χ3v) is 5.67. The number of guanidine groups is 1. The van der Waals surface area contributed by atoms with E-state index in [1.54, 1.807) is 0 Å². The summed E-state index contributed by atoms with van der Waals surface area (Å²) in [7, 11) is 1.83. The Labute approximate surface area is 209 Å². The first kappa shape index (κ1) is 26.7. The summed E-state index contributed by atoms with van der Waals surface area (Å²) in [4.78, 5) is 23.4. The van der Waals surface area contributed by atoms with E-state index in [9.17, 15) is 4.79 Å². The minimum Gasteiger partial charge on any atom is -0.494 e. The van der Waals surface area contributed by atoms with Crippen LogP contribution >= 0.6 is 24.0 Å². The van der Waals surface area contributed by atoms with Crippen molar-refractivity contribution in [2.75, 3.05) is 79.2 Å². The first-order chi connectivity index (χ1) is 15.2. The Hall–Kier alpha value is -1.59. The van der Waals surface area contributed by atoms with Gasteiger partial charge in [-0.05, 0) is 30.5 Å². The van der Waals surface area contributed by atoms with E-state index < -0.39 is 0 Å². The van der Waals surface area contributed by atoms with Crippen molar-refractivity contribution in [2.24, 2.45) is 4.99 Å². The van der Waals surface area contributed by atoms with Gasteiger partial charge in [-0.15, -0.1) is 24.0 Å². The number of benzene rings is 1.